The zero-order chi connectivity index (χ0) is 14.3. The van der Waals surface area contributed by atoms with Gasteiger partial charge in [0.05, 0.1) is 6.10 Å². The fraction of sp³-hybridized carbons (Fsp3) is 0.857. The van der Waals surface area contributed by atoms with E-state index >= 15 is 0 Å². The lowest BCUT2D eigenvalue weighted by atomic mass is 9.69. The Morgan fingerprint density at radius 3 is 2.26 bits per heavy atom. The molecule has 2 fully saturated rings. The number of cyclic esters (lactones) is 2. The van der Waals surface area contributed by atoms with Crippen LogP contribution in [0.25, 0.3) is 0 Å². The predicted octanol–water partition coefficient (Wildman–Crippen LogP) is 2.03. The van der Waals surface area contributed by atoms with Crippen LogP contribution in [-0.2, 0) is 23.8 Å². The van der Waals surface area contributed by atoms with Gasteiger partial charge in [-0.05, 0) is 19.3 Å². The van der Waals surface area contributed by atoms with Gasteiger partial charge in [-0.15, -0.1) is 0 Å². The summed E-state index contributed by atoms with van der Waals surface area (Å²) < 4.78 is 16.1. The molecule has 2 heterocycles. The van der Waals surface area contributed by atoms with Crippen molar-refractivity contribution < 1.29 is 23.8 Å². The Kier molecular flexibility index (Phi) is 3.60. The molecule has 2 aliphatic heterocycles. The zero-order valence-corrected chi connectivity index (χ0v) is 12.0. The van der Waals surface area contributed by atoms with Crippen LogP contribution in [0.5, 0.6) is 0 Å². The van der Waals surface area contributed by atoms with Crippen molar-refractivity contribution >= 4 is 11.9 Å². The van der Waals surface area contributed by atoms with Crippen molar-refractivity contribution in [3.63, 3.8) is 0 Å². The Bertz CT molecular complexity index is 363. The summed E-state index contributed by atoms with van der Waals surface area (Å²) >= 11 is 0. The molecule has 19 heavy (non-hydrogen) atoms. The van der Waals surface area contributed by atoms with Gasteiger partial charge in [0.2, 0.25) is 0 Å². The van der Waals surface area contributed by atoms with Crippen LogP contribution in [0.1, 0.15) is 47.0 Å². The fourth-order valence-electron chi connectivity index (χ4n) is 2.97. The van der Waals surface area contributed by atoms with Gasteiger partial charge in [0, 0.05) is 25.9 Å². The SMILES string of the molecule is CCC(C)(C1CCCO1)C1C(=O)OC(C)(C)OC1=O. The third-order valence-electron chi connectivity index (χ3n) is 4.25. The first-order valence-corrected chi connectivity index (χ1v) is 6.87. The van der Waals surface area contributed by atoms with Gasteiger partial charge < -0.3 is 14.2 Å². The molecular formula is C14H22O5. The van der Waals surface area contributed by atoms with Gasteiger partial charge in [-0.25, -0.2) is 0 Å². The van der Waals surface area contributed by atoms with E-state index in [4.69, 9.17) is 14.2 Å². The molecule has 2 aliphatic rings. The first-order chi connectivity index (χ1) is 8.80. The standard InChI is InChI=1S/C14H22O5/c1-5-14(4,9-7-6-8-17-9)10-11(15)18-13(2,3)19-12(10)16/h9-10H,5-8H2,1-4H3. The Morgan fingerprint density at radius 2 is 1.84 bits per heavy atom. The van der Waals surface area contributed by atoms with Gasteiger partial charge in [-0.1, -0.05) is 13.8 Å². The van der Waals surface area contributed by atoms with Crippen LogP contribution in [0, 0.1) is 11.3 Å². The molecule has 0 saturated carbocycles. The van der Waals surface area contributed by atoms with Gasteiger partial charge >= 0.3 is 11.9 Å². The maximum Gasteiger partial charge on any atom is 0.324 e. The molecule has 0 aromatic carbocycles. The van der Waals surface area contributed by atoms with Crippen molar-refractivity contribution in [3.05, 3.63) is 0 Å². The van der Waals surface area contributed by atoms with E-state index < -0.39 is 29.1 Å². The number of carbonyl (C=O) groups excluding carboxylic acids is 2. The van der Waals surface area contributed by atoms with Crippen molar-refractivity contribution in [2.24, 2.45) is 11.3 Å². The van der Waals surface area contributed by atoms with Crippen molar-refractivity contribution in [1.82, 2.24) is 0 Å². The van der Waals surface area contributed by atoms with E-state index in [-0.39, 0.29) is 6.10 Å². The second-order valence-electron chi connectivity index (χ2n) is 6.04. The first-order valence-electron chi connectivity index (χ1n) is 6.87. The summed E-state index contributed by atoms with van der Waals surface area (Å²) in [4.78, 5) is 24.4. The average molecular weight is 270 g/mol. The topological polar surface area (TPSA) is 61.8 Å². The van der Waals surface area contributed by atoms with Crippen LogP contribution >= 0.6 is 0 Å². The molecule has 5 heteroatoms. The number of ether oxygens (including phenoxy) is 3. The molecule has 2 unspecified atom stereocenters. The summed E-state index contributed by atoms with van der Waals surface area (Å²) in [7, 11) is 0. The van der Waals surface area contributed by atoms with Crippen molar-refractivity contribution in [3.8, 4) is 0 Å². The highest BCUT2D eigenvalue weighted by atomic mass is 16.7. The van der Waals surface area contributed by atoms with Crippen LogP contribution in [0.15, 0.2) is 0 Å². The van der Waals surface area contributed by atoms with Crippen molar-refractivity contribution in [2.45, 2.75) is 58.8 Å². The highest BCUT2D eigenvalue weighted by Gasteiger charge is 2.55. The maximum absolute atomic E-state index is 12.2. The molecular weight excluding hydrogens is 248 g/mol. The monoisotopic (exact) mass is 270 g/mol. The van der Waals surface area contributed by atoms with Gasteiger partial charge in [0.1, 0.15) is 0 Å². The number of hydrogen-bond donors (Lipinski definition) is 0. The van der Waals surface area contributed by atoms with Gasteiger partial charge in [-0.2, -0.15) is 0 Å². The van der Waals surface area contributed by atoms with E-state index in [0.717, 1.165) is 12.8 Å². The highest BCUT2D eigenvalue weighted by Crippen LogP contribution is 2.44. The van der Waals surface area contributed by atoms with E-state index in [2.05, 4.69) is 0 Å². The highest BCUT2D eigenvalue weighted by molar-refractivity contribution is 5.97. The maximum atomic E-state index is 12.2. The lowest BCUT2D eigenvalue weighted by Gasteiger charge is -2.43. The molecule has 0 bridgehead atoms. The summed E-state index contributed by atoms with van der Waals surface area (Å²) in [5, 5.41) is 0. The third kappa shape index (κ3) is 2.48. The third-order valence-corrected chi connectivity index (χ3v) is 4.25. The van der Waals surface area contributed by atoms with Crippen LogP contribution in [0.2, 0.25) is 0 Å². The van der Waals surface area contributed by atoms with Crippen LogP contribution < -0.4 is 0 Å². The van der Waals surface area contributed by atoms with Crippen LogP contribution in [-0.4, -0.2) is 30.4 Å². The molecule has 0 aromatic heterocycles. The molecule has 0 aliphatic carbocycles. The fourth-order valence-corrected chi connectivity index (χ4v) is 2.97. The van der Waals surface area contributed by atoms with E-state index in [9.17, 15) is 9.59 Å². The van der Waals surface area contributed by atoms with Crippen molar-refractivity contribution in [2.75, 3.05) is 6.61 Å². The molecule has 108 valence electrons. The summed E-state index contributed by atoms with van der Waals surface area (Å²) in [5.74, 6) is -3.06. The summed E-state index contributed by atoms with van der Waals surface area (Å²) in [6.45, 7) is 7.68. The number of carbonyl (C=O) groups is 2. The Morgan fingerprint density at radius 1 is 1.26 bits per heavy atom. The molecule has 5 nitrogen and oxygen atoms in total. The van der Waals surface area contributed by atoms with Crippen LogP contribution in [0.3, 0.4) is 0 Å². The summed E-state index contributed by atoms with van der Waals surface area (Å²) in [6.07, 6.45) is 2.39. The lowest BCUT2D eigenvalue weighted by Crippen LogP contribution is -2.55. The number of rotatable bonds is 3. The second-order valence-corrected chi connectivity index (χ2v) is 6.04. The molecule has 0 aromatic rings. The Balaban J connectivity index is 2.27. The minimum atomic E-state index is -1.17. The molecule has 0 N–H and O–H groups in total. The Labute approximate surface area is 113 Å². The minimum Gasteiger partial charge on any atom is -0.422 e. The van der Waals surface area contributed by atoms with Gasteiger partial charge in [-0.3, -0.25) is 9.59 Å². The van der Waals surface area contributed by atoms with Crippen LogP contribution in [0.4, 0.5) is 0 Å². The molecule has 2 rings (SSSR count). The van der Waals surface area contributed by atoms with E-state index in [1.807, 2.05) is 13.8 Å². The average Bonchev–Trinajstić information content (AvgIpc) is 2.79. The van der Waals surface area contributed by atoms with E-state index in [0.29, 0.717) is 13.0 Å². The zero-order valence-electron chi connectivity index (χ0n) is 12.0. The summed E-state index contributed by atoms with van der Waals surface area (Å²) in [5.41, 5.74) is -0.568. The molecule has 2 saturated heterocycles. The molecule has 0 spiro atoms. The number of hydrogen-bond acceptors (Lipinski definition) is 5. The minimum absolute atomic E-state index is 0.0937. The number of esters is 2. The van der Waals surface area contributed by atoms with Gasteiger partial charge in [0.15, 0.2) is 5.92 Å². The molecule has 0 radical (unpaired) electrons. The molecule has 2 atom stereocenters. The van der Waals surface area contributed by atoms with Crippen molar-refractivity contribution in [1.29, 1.82) is 0 Å². The normalized spacial score (nSPS) is 30.6. The lowest BCUT2D eigenvalue weighted by molar-refractivity contribution is -0.249. The van der Waals surface area contributed by atoms with E-state index in [1.54, 1.807) is 13.8 Å². The largest absolute Gasteiger partial charge is 0.422 e. The second kappa shape index (κ2) is 4.78. The van der Waals surface area contributed by atoms with Gasteiger partial charge in [0.25, 0.3) is 5.79 Å². The smallest absolute Gasteiger partial charge is 0.324 e. The Hall–Kier alpha value is -1.10. The molecule has 0 amide bonds. The predicted molar refractivity (Wildman–Crippen MR) is 67.1 cm³/mol. The summed E-state index contributed by atoms with van der Waals surface area (Å²) in [6, 6.07) is 0. The quantitative estimate of drug-likeness (QED) is 0.580. The first kappa shape index (κ1) is 14.3. The van der Waals surface area contributed by atoms with E-state index in [1.165, 1.54) is 0 Å².